The standard InChI is InChI=1S/C12H18N2O2/c13-12(15)6-8-16-9-7-14-10-11-4-2-1-3-5-11/h1-5,14H,6-10H2,(H2,13,15). The molecular weight excluding hydrogens is 204 g/mol. The third-order valence-corrected chi connectivity index (χ3v) is 2.09. The summed E-state index contributed by atoms with van der Waals surface area (Å²) in [4.78, 5) is 10.4. The summed E-state index contributed by atoms with van der Waals surface area (Å²) in [6.07, 6.45) is 0.290. The Morgan fingerprint density at radius 2 is 2.00 bits per heavy atom. The van der Waals surface area contributed by atoms with Gasteiger partial charge in [0.1, 0.15) is 0 Å². The molecule has 0 bridgehead atoms. The van der Waals surface area contributed by atoms with Crippen molar-refractivity contribution < 1.29 is 9.53 Å². The molecule has 3 N–H and O–H groups in total. The van der Waals surface area contributed by atoms with Crippen LogP contribution >= 0.6 is 0 Å². The van der Waals surface area contributed by atoms with Gasteiger partial charge < -0.3 is 15.8 Å². The molecule has 88 valence electrons. The fourth-order valence-corrected chi connectivity index (χ4v) is 1.25. The number of carbonyl (C=O) groups is 1. The van der Waals surface area contributed by atoms with Crippen LogP contribution in [0.1, 0.15) is 12.0 Å². The zero-order chi connectivity index (χ0) is 11.6. The SMILES string of the molecule is NC(=O)CCOCCNCc1ccccc1. The topological polar surface area (TPSA) is 64.4 Å². The lowest BCUT2D eigenvalue weighted by Crippen LogP contribution is -2.20. The first kappa shape index (κ1) is 12.7. The fraction of sp³-hybridized carbons (Fsp3) is 0.417. The van der Waals surface area contributed by atoms with Gasteiger partial charge in [-0.05, 0) is 5.56 Å². The minimum absolute atomic E-state index is 0.290. The molecule has 0 aliphatic carbocycles. The average Bonchev–Trinajstić information content (AvgIpc) is 2.29. The Balaban J connectivity index is 1.94. The first-order chi connectivity index (χ1) is 7.79. The van der Waals surface area contributed by atoms with Crippen molar-refractivity contribution in [3.63, 3.8) is 0 Å². The second-order valence-electron chi connectivity index (χ2n) is 3.49. The van der Waals surface area contributed by atoms with Gasteiger partial charge in [-0.3, -0.25) is 4.79 Å². The second-order valence-corrected chi connectivity index (χ2v) is 3.49. The monoisotopic (exact) mass is 222 g/mol. The van der Waals surface area contributed by atoms with Gasteiger partial charge in [0.2, 0.25) is 5.91 Å². The summed E-state index contributed by atoms with van der Waals surface area (Å²) in [5.74, 6) is -0.322. The van der Waals surface area contributed by atoms with Gasteiger partial charge in [0, 0.05) is 19.5 Å². The summed E-state index contributed by atoms with van der Waals surface area (Å²) >= 11 is 0. The van der Waals surface area contributed by atoms with E-state index < -0.39 is 0 Å². The van der Waals surface area contributed by atoms with Crippen LogP contribution in [0.3, 0.4) is 0 Å². The maximum Gasteiger partial charge on any atom is 0.219 e. The van der Waals surface area contributed by atoms with E-state index in [0.717, 1.165) is 13.1 Å². The van der Waals surface area contributed by atoms with E-state index in [1.54, 1.807) is 0 Å². The number of primary amides is 1. The van der Waals surface area contributed by atoms with E-state index in [4.69, 9.17) is 10.5 Å². The van der Waals surface area contributed by atoms with E-state index in [-0.39, 0.29) is 5.91 Å². The highest BCUT2D eigenvalue weighted by atomic mass is 16.5. The molecule has 16 heavy (non-hydrogen) atoms. The molecule has 4 heteroatoms. The summed E-state index contributed by atoms with van der Waals surface area (Å²) in [6, 6.07) is 10.2. The lowest BCUT2D eigenvalue weighted by atomic mass is 10.2. The molecule has 1 rings (SSSR count). The summed E-state index contributed by atoms with van der Waals surface area (Å²) in [6.45, 7) is 2.61. The summed E-state index contributed by atoms with van der Waals surface area (Å²) in [5.41, 5.74) is 6.22. The molecule has 0 fully saturated rings. The molecule has 0 unspecified atom stereocenters. The van der Waals surface area contributed by atoms with E-state index >= 15 is 0 Å². The zero-order valence-electron chi connectivity index (χ0n) is 9.32. The van der Waals surface area contributed by atoms with E-state index in [0.29, 0.717) is 19.6 Å². The number of nitrogens with one attached hydrogen (secondary N) is 1. The number of hydrogen-bond acceptors (Lipinski definition) is 3. The quantitative estimate of drug-likeness (QED) is 0.635. The maximum absolute atomic E-state index is 10.4. The minimum atomic E-state index is -0.322. The van der Waals surface area contributed by atoms with Gasteiger partial charge in [0.15, 0.2) is 0 Å². The van der Waals surface area contributed by atoms with Gasteiger partial charge >= 0.3 is 0 Å². The van der Waals surface area contributed by atoms with Crippen molar-refractivity contribution in [2.24, 2.45) is 5.73 Å². The van der Waals surface area contributed by atoms with Crippen molar-refractivity contribution >= 4 is 5.91 Å². The molecule has 0 saturated carbocycles. The van der Waals surface area contributed by atoms with Crippen LogP contribution < -0.4 is 11.1 Å². The molecule has 0 saturated heterocycles. The van der Waals surface area contributed by atoms with Crippen molar-refractivity contribution in [3.05, 3.63) is 35.9 Å². The highest BCUT2D eigenvalue weighted by Crippen LogP contribution is 1.96. The number of rotatable bonds is 8. The van der Waals surface area contributed by atoms with Gasteiger partial charge in [0.05, 0.1) is 13.2 Å². The van der Waals surface area contributed by atoms with Gasteiger partial charge in [0.25, 0.3) is 0 Å². The highest BCUT2D eigenvalue weighted by molar-refractivity contribution is 5.73. The molecule has 0 aliphatic rings. The largest absolute Gasteiger partial charge is 0.380 e. The zero-order valence-corrected chi connectivity index (χ0v) is 9.32. The van der Waals surface area contributed by atoms with E-state index in [9.17, 15) is 4.79 Å². The van der Waals surface area contributed by atoms with Crippen LogP contribution in [0.25, 0.3) is 0 Å². The Morgan fingerprint density at radius 1 is 1.25 bits per heavy atom. The molecule has 0 radical (unpaired) electrons. The fourth-order valence-electron chi connectivity index (χ4n) is 1.25. The minimum Gasteiger partial charge on any atom is -0.380 e. The Bertz CT molecular complexity index is 301. The summed E-state index contributed by atoms with van der Waals surface area (Å²) in [7, 11) is 0. The molecule has 4 nitrogen and oxygen atoms in total. The lowest BCUT2D eigenvalue weighted by Gasteiger charge is -2.05. The van der Waals surface area contributed by atoms with Gasteiger partial charge in [-0.1, -0.05) is 30.3 Å². The van der Waals surface area contributed by atoms with Crippen LogP contribution in [0.5, 0.6) is 0 Å². The number of hydrogen-bond donors (Lipinski definition) is 2. The van der Waals surface area contributed by atoms with Gasteiger partial charge in [-0.15, -0.1) is 0 Å². The predicted octanol–water partition coefficient (Wildman–Crippen LogP) is 0.668. The molecule has 0 heterocycles. The number of carbonyl (C=O) groups excluding carboxylic acids is 1. The maximum atomic E-state index is 10.4. The van der Waals surface area contributed by atoms with Crippen molar-refractivity contribution in [2.45, 2.75) is 13.0 Å². The highest BCUT2D eigenvalue weighted by Gasteiger charge is 1.94. The van der Waals surface area contributed by atoms with Gasteiger partial charge in [-0.2, -0.15) is 0 Å². The first-order valence-electron chi connectivity index (χ1n) is 5.40. The Kier molecular flexibility index (Phi) is 6.22. The smallest absolute Gasteiger partial charge is 0.219 e. The molecule has 1 aromatic rings. The van der Waals surface area contributed by atoms with Crippen molar-refractivity contribution in [3.8, 4) is 0 Å². The molecule has 0 atom stereocenters. The lowest BCUT2D eigenvalue weighted by molar-refractivity contribution is -0.119. The molecule has 1 amide bonds. The van der Waals surface area contributed by atoms with Gasteiger partial charge in [-0.25, -0.2) is 0 Å². The Labute approximate surface area is 95.8 Å². The molecule has 1 aromatic carbocycles. The van der Waals surface area contributed by atoms with Crippen LogP contribution in [-0.2, 0) is 16.1 Å². The van der Waals surface area contributed by atoms with Crippen molar-refractivity contribution in [1.82, 2.24) is 5.32 Å². The molecule has 0 spiro atoms. The third kappa shape index (κ3) is 6.16. The molecule has 0 aromatic heterocycles. The number of amides is 1. The van der Waals surface area contributed by atoms with Crippen LogP contribution in [0, 0.1) is 0 Å². The normalized spacial score (nSPS) is 10.2. The van der Waals surface area contributed by atoms with Crippen LogP contribution in [0.4, 0.5) is 0 Å². The summed E-state index contributed by atoms with van der Waals surface area (Å²) < 4.78 is 5.22. The third-order valence-electron chi connectivity index (χ3n) is 2.09. The van der Waals surface area contributed by atoms with Crippen LogP contribution in [0.15, 0.2) is 30.3 Å². The number of benzene rings is 1. The average molecular weight is 222 g/mol. The Morgan fingerprint density at radius 3 is 2.69 bits per heavy atom. The second kappa shape index (κ2) is 7.84. The van der Waals surface area contributed by atoms with E-state index in [1.807, 2.05) is 18.2 Å². The van der Waals surface area contributed by atoms with Crippen LogP contribution in [-0.4, -0.2) is 25.7 Å². The van der Waals surface area contributed by atoms with Crippen molar-refractivity contribution in [1.29, 1.82) is 0 Å². The van der Waals surface area contributed by atoms with Crippen molar-refractivity contribution in [2.75, 3.05) is 19.8 Å². The first-order valence-corrected chi connectivity index (χ1v) is 5.40. The predicted molar refractivity (Wildman–Crippen MR) is 62.8 cm³/mol. The summed E-state index contributed by atoms with van der Waals surface area (Å²) in [5, 5.41) is 3.25. The number of ether oxygens (including phenoxy) is 1. The van der Waals surface area contributed by atoms with E-state index in [1.165, 1.54) is 5.56 Å². The molecular formula is C12H18N2O2. The molecule has 0 aliphatic heterocycles. The van der Waals surface area contributed by atoms with Crippen LogP contribution in [0.2, 0.25) is 0 Å². The number of nitrogens with two attached hydrogens (primary N) is 1. The van der Waals surface area contributed by atoms with E-state index in [2.05, 4.69) is 17.4 Å². The Hall–Kier alpha value is -1.39.